The molecule has 0 bridgehead atoms. The van der Waals surface area contributed by atoms with E-state index in [0.717, 1.165) is 64.9 Å². The molecule has 1 saturated carbocycles. The lowest BCUT2D eigenvalue weighted by atomic mass is 9.93. The van der Waals surface area contributed by atoms with Crippen molar-refractivity contribution in [2.24, 2.45) is 10.2 Å². The average molecular weight is 415 g/mol. The van der Waals surface area contributed by atoms with Crippen LogP contribution in [0, 0.1) is 6.92 Å². The van der Waals surface area contributed by atoms with Crippen molar-refractivity contribution in [2.45, 2.75) is 45.1 Å². The Morgan fingerprint density at radius 1 is 1.19 bits per heavy atom. The molecular weight excluding hydrogens is 390 g/mol. The van der Waals surface area contributed by atoms with Gasteiger partial charge in [0.25, 0.3) is 5.91 Å². The third kappa shape index (κ3) is 4.35. The summed E-state index contributed by atoms with van der Waals surface area (Å²) >= 11 is 0. The van der Waals surface area contributed by atoms with Crippen molar-refractivity contribution in [3.05, 3.63) is 59.3 Å². The highest BCUT2D eigenvalue weighted by Crippen LogP contribution is 2.23. The number of H-pyrrole nitrogens is 1. The zero-order valence-corrected chi connectivity index (χ0v) is 17.5. The number of benzene rings is 2. The quantitative estimate of drug-likeness (QED) is 0.616. The summed E-state index contributed by atoms with van der Waals surface area (Å²) in [4.78, 5) is 12.0. The van der Waals surface area contributed by atoms with Crippen molar-refractivity contribution in [1.82, 2.24) is 15.5 Å². The molecule has 1 aliphatic heterocycles. The molecule has 2 heterocycles. The summed E-state index contributed by atoms with van der Waals surface area (Å²) in [6.07, 6.45) is 6.67. The summed E-state index contributed by atoms with van der Waals surface area (Å²) in [6.45, 7) is 2.03. The van der Waals surface area contributed by atoms with Crippen LogP contribution >= 0.6 is 0 Å². The van der Waals surface area contributed by atoms with E-state index in [1.54, 1.807) is 0 Å². The Morgan fingerprint density at radius 3 is 2.90 bits per heavy atom. The van der Waals surface area contributed by atoms with Gasteiger partial charge in [0.05, 0.1) is 23.1 Å². The van der Waals surface area contributed by atoms with Crippen LogP contribution in [0.25, 0.3) is 10.9 Å². The Hall–Kier alpha value is -3.48. The van der Waals surface area contributed by atoms with Crippen LogP contribution in [0.15, 0.2) is 52.8 Å². The van der Waals surface area contributed by atoms with Gasteiger partial charge in [-0.3, -0.25) is 9.89 Å². The van der Waals surface area contributed by atoms with E-state index in [-0.39, 0.29) is 12.5 Å². The van der Waals surface area contributed by atoms with Crippen molar-refractivity contribution < 1.29 is 9.53 Å². The minimum Gasteiger partial charge on any atom is -0.484 e. The second-order valence-electron chi connectivity index (χ2n) is 8.32. The van der Waals surface area contributed by atoms with Crippen LogP contribution in [0.2, 0.25) is 0 Å². The van der Waals surface area contributed by atoms with E-state index in [0.29, 0.717) is 6.04 Å². The molecule has 2 N–H and O–H groups in total. The van der Waals surface area contributed by atoms with Gasteiger partial charge < -0.3 is 10.1 Å². The largest absolute Gasteiger partial charge is 0.484 e. The number of ether oxygens (including phenoxy) is 1. The first kappa shape index (κ1) is 19.5. The number of fused-ring (bicyclic) bond motifs is 1. The summed E-state index contributed by atoms with van der Waals surface area (Å²) in [7, 11) is 0. The van der Waals surface area contributed by atoms with Gasteiger partial charge in [0, 0.05) is 24.3 Å². The van der Waals surface area contributed by atoms with Crippen LogP contribution in [0.1, 0.15) is 42.4 Å². The molecule has 0 unspecified atom stereocenters. The highest BCUT2D eigenvalue weighted by Gasteiger charge is 2.20. The standard InChI is InChI=1S/C24H25N5O2/c1-15-9-17(6-8-23(15)31-14-24(30)26-19-3-2-4-19)22-12-20(27-29-22)11-16-5-7-21-18(10-16)13-25-28-21/h5-10,13,19H,2-4,11-12,14H2,1H3,(H,25,28)(H,26,30). The number of rotatable bonds is 7. The number of carbonyl (C=O) groups is 1. The van der Waals surface area contributed by atoms with Gasteiger partial charge in [0.2, 0.25) is 0 Å². The predicted molar refractivity (Wildman–Crippen MR) is 121 cm³/mol. The normalized spacial score (nSPS) is 16.0. The van der Waals surface area contributed by atoms with Gasteiger partial charge in [-0.1, -0.05) is 6.07 Å². The molecule has 7 heteroatoms. The summed E-state index contributed by atoms with van der Waals surface area (Å²) in [6, 6.07) is 12.6. The molecule has 0 spiro atoms. The number of aromatic amines is 1. The molecule has 158 valence electrons. The third-order valence-corrected chi connectivity index (χ3v) is 5.93. The fraction of sp³-hybridized carbons (Fsp3) is 0.333. The molecule has 1 aliphatic carbocycles. The van der Waals surface area contributed by atoms with Crippen LogP contribution in [0.4, 0.5) is 0 Å². The van der Waals surface area contributed by atoms with E-state index in [2.05, 4.69) is 37.8 Å². The molecule has 1 aromatic heterocycles. The lowest BCUT2D eigenvalue weighted by molar-refractivity contribution is -0.124. The molecule has 3 aromatic rings. The SMILES string of the molecule is Cc1cc(C2=NN=C(Cc3ccc4[nH]ncc4c3)C2)ccc1OCC(=O)NC1CCC1. The number of hydrogen-bond donors (Lipinski definition) is 2. The van der Waals surface area contributed by atoms with E-state index < -0.39 is 0 Å². The molecule has 1 fully saturated rings. The number of aryl methyl sites for hydroxylation is 1. The summed E-state index contributed by atoms with van der Waals surface area (Å²) < 4.78 is 5.73. The molecule has 5 rings (SSSR count). The Bertz CT molecular complexity index is 1190. The maximum atomic E-state index is 12.0. The fourth-order valence-electron chi connectivity index (χ4n) is 3.95. The number of hydrogen-bond acceptors (Lipinski definition) is 5. The lowest BCUT2D eigenvalue weighted by Crippen LogP contribution is -2.41. The average Bonchev–Trinajstić information content (AvgIpc) is 3.39. The van der Waals surface area contributed by atoms with E-state index in [1.165, 1.54) is 12.0 Å². The molecule has 1 amide bonds. The minimum atomic E-state index is -0.0556. The van der Waals surface area contributed by atoms with Crippen molar-refractivity contribution in [2.75, 3.05) is 6.61 Å². The monoisotopic (exact) mass is 415 g/mol. The number of amides is 1. The molecule has 0 saturated heterocycles. The van der Waals surface area contributed by atoms with Crippen molar-refractivity contribution >= 4 is 28.2 Å². The first-order valence-electron chi connectivity index (χ1n) is 10.7. The van der Waals surface area contributed by atoms with Crippen LogP contribution in [-0.4, -0.2) is 40.2 Å². The first-order chi connectivity index (χ1) is 15.1. The Labute approximate surface area is 180 Å². The van der Waals surface area contributed by atoms with Crippen molar-refractivity contribution in [1.29, 1.82) is 0 Å². The van der Waals surface area contributed by atoms with E-state index in [9.17, 15) is 4.79 Å². The van der Waals surface area contributed by atoms with Crippen molar-refractivity contribution in [3.63, 3.8) is 0 Å². The van der Waals surface area contributed by atoms with Crippen molar-refractivity contribution in [3.8, 4) is 5.75 Å². The van der Waals surface area contributed by atoms with E-state index >= 15 is 0 Å². The highest BCUT2D eigenvalue weighted by molar-refractivity contribution is 6.15. The lowest BCUT2D eigenvalue weighted by Gasteiger charge is -2.26. The molecule has 0 atom stereocenters. The van der Waals surface area contributed by atoms with E-state index in [4.69, 9.17) is 4.74 Å². The zero-order valence-electron chi connectivity index (χ0n) is 17.5. The number of aromatic nitrogens is 2. The molecule has 2 aromatic carbocycles. The smallest absolute Gasteiger partial charge is 0.258 e. The van der Waals surface area contributed by atoms with Crippen LogP contribution in [0.5, 0.6) is 5.75 Å². The topological polar surface area (TPSA) is 91.7 Å². The minimum absolute atomic E-state index is 0.0475. The Balaban J connectivity index is 1.17. The van der Waals surface area contributed by atoms with Gasteiger partial charge in [-0.2, -0.15) is 15.3 Å². The molecule has 7 nitrogen and oxygen atoms in total. The molecule has 31 heavy (non-hydrogen) atoms. The Morgan fingerprint density at radius 2 is 2.10 bits per heavy atom. The Kier molecular flexibility index (Phi) is 5.24. The van der Waals surface area contributed by atoms with Gasteiger partial charge >= 0.3 is 0 Å². The summed E-state index contributed by atoms with van der Waals surface area (Å²) in [5.41, 5.74) is 6.25. The third-order valence-electron chi connectivity index (χ3n) is 5.93. The second kappa shape index (κ2) is 8.34. The number of nitrogens with one attached hydrogen (secondary N) is 2. The maximum absolute atomic E-state index is 12.0. The van der Waals surface area contributed by atoms with Gasteiger partial charge in [-0.15, -0.1) is 0 Å². The van der Waals surface area contributed by atoms with E-state index in [1.807, 2.05) is 37.4 Å². The van der Waals surface area contributed by atoms with Gasteiger partial charge in [0.1, 0.15) is 5.75 Å². The molecule has 0 radical (unpaired) electrons. The fourth-order valence-corrected chi connectivity index (χ4v) is 3.95. The highest BCUT2D eigenvalue weighted by atomic mass is 16.5. The second-order valence-corrected chi connectivity index (χ2v) is 8.32. The maximum Gasteiger partial charge on any atom is 0.258 e. The zero-order chi connectivity index (χ0) is 21.2. The number of nitrogens with zero attached hydrogens (tertiary/aromatic N) is 3. The first-order valence-corrected chi connectivity index (χ1v) is 10.7. The van der Waals surface area contributed by atoms with Gasteiger partial charge in [-0.05, 0) is 73.2 Å². The summed E-state index contributed by atoms with van der Waals surface area (Å²) in [5.74, 6) is 0.667. The molecule has 2 aliphatic rings. The van der Waals surface area contributed by atoms with Crippen LogP contribution < -0.4 is 10.1 Å². The predicted octanol–water partition coefficient (Wildman–Crippen LogP) is 3.71. The van der Waals surface area contributed by atoms with Crippen LogP contribution in [-0.2, 0) is 11.2 Å². The van der Waals surface area contributed by atoms with Gasteiger partial charge in [0.15, 0.2) is 6.61 Å². The number of carbonyl (C=O) groups excluding carboxylic acids is 1. The van der Waals surface area contributed by atoms with Gasteiger partial charge in [-0.25, -0.2) is 0 Å². The summed E-state index contributed by atoms with van der Waals surface area (Å²) in [5, 5.41) is 20.0. The molecular formula is C24H25N5O2. The van der Waals surface area contributed by atoms with Crippen LogP contribution in [0.3, 0.4) is 0 Å².